The molecular weight excluding hydrogens is 538 g/mol. The van der Waals surface area contributed by atoms with Gasteiger partial charge in [-0.2, -0.15) is 0 Å². The van der Waals surface area contributed by atoms with Gasteiger partial charge in [-0.3, -0.25) is 0 Å². The highest BCUT2D eigenvalue weighted by Gasteiger charge is 2.32. The van der Waals surface area contributed by atoms with Gasteiger partial charge in [-0.25, -0.2) is 0 Å². The lowest BCUT2D eigenvalue weighted by molar-refractivity contribution is 0.299. The molecule has 224 valence electrons. The van der Waals surface area contributed by atoms with Crippen LogP contribution in [-0.2, 0) is 6.42 Å². The normalized spacial score (nSPS) is 21.3. The molecule has 1 aromatic carbocycles. The molecule has 0 spiro atoms. The molecule has 1 aromatic rings. The molecule has 0 amide bonds. The summed E-state index contributed by atoms with van der Waals surface area (Å²) in [4.78, 5) is 2.21. The Morgan fingerprint density at radius 3 is 2.66 bits per heavy atom. The second kappa shape index (κ2) is 15.5. The van der Waals surface area contributed by atoms with Crippen molar-refractivity contribution in [3.8, 4) is 18.1 Å². The quantitative estimate of drug-likeness (QED) is 0.151. The number of terminal acetylenes is 1. The molecule has 0 aliphatic carbocycles. The molecular formula is C41H43NO2. The third kappa shape index (κ3) is 8.12. The van der Waals surface area contributed by atoms with Gasteiger partial charge in [0.05, 0.1) is 11.4 Å². The van der Waals surface area contributed by atoms with Gasteiger partial charge in [0, 0.05) is 17.7 Å². The first-order valence-electron chi connectivity index (χ1n) is 15.1. The second-order valence-corrected chi connectivity index (χ2v) is 11.3. The molecule has 0 aromatic heterocycles. The van der Waals surface area contributed by atoms with E-state index >= 15 is 0 Å². The molecule has 1 N–H and O–H groups in total. The van der Waals surface area contributed by atoms with Crippen LogP contribution in [0.25, 0.3) is 0 Å². The summed E-state index contributed by atoms with van der Waals surface area (Å²) in [6.07, 6.45) is 35.2. The maximum Gasteiger partial charge on any atom is 0.129 e. The average Bonchev–Trinajstić information content (AvgIpc) is 3.38. The van der Waals surface area contributed by atoms with Crippen LogP contribution in [0, 0.1) is 12.3 Å². The summed E-state index contributed by atoms with van der Waals surface area (Å²) in [5.41, 5.74) is 10.4. The zero-order valence-corrected chi connectivity index (χ0v) is 26.4. The SMILES string of the molecule is C#C/C(=C\CC=C(C)C)C1=CCC(=C/C=C/C(C)=C/C=C\C=C)/C(=C(\C)O)N2C/C(=C\1)C1=C2COc2ccccc2C/C=C\1. The molecule has 0 saturated heterocycles. The highest BCUT2D eigenvalue weighted by atomic mass is 16.5. The van der Waals surface area contributed by atoms with Crippen LogP contribution in [0.3, 0.4) is 0 Å². The zero-order chi connectivity index (χ0) is 31.5. The number of nitrogens with zero attached hydrogens (tertiary/aromatic N) is 1. The summed E-state index contributed by atoms with van der Waals surface area (Å²) >= 11 is 0. The maximum absolute atomic E-state index is 11.2. The van der Waals surface area contributed by atoms with Crippen molar-refractivity contribution in [1.82, 2.24) is 4.90 Å². The van der Waals surface area contributed by atoms with Crippen molar-refractivity contribution in [2.45, 2.75) is 47.0 Å². The zero-order valence-electron chi connectivity index (χ0n) is 26.4. The van der Waals surface area contributed by atoms with Gasteiger partial charge in [0.1, 0.15) is 18.1 Å². The van der Waals surface area contributed by atoms with Gasteiger partial charge in [0.15, 0.2) is 0 Å². The molecule has 44 heavy (non-hydrogen) atoms. The molecule has 0 radical (unpaired) electrons. The number of rotatable bonds is 7. The van der Waals surface area contributed by atoms with Crippen LogP contribution in [0.1, 0.15) is 46.1 Å². The van der Waals surface area contributed by atoms with E-state index in [1.807, 2.05) is 42.5 Å². The van der Waals surface area contributed by atoms with Gasteiger partial charge in [-0.15, -0.1) is 6.42 Å². The lowest BCUT2D eigenvalue weighted by Gasteiger charge is -2.27. The monoisotopic (exact) mass is 581 g/mol. The minimum atomic E-state index is 0.260. The van der Waals surface area contributed by atoms with Gasteiger partial charge < -0.3 is 14.7 Å². The van der Waals surface area contributed by atoms with Gasteiger partial charge in [-0.1, -0.05) is 115 Å². The predicted molar refractivity (Wildman–Crippen MR) is 186 cm³/mol. The summed E-state index contributed by atoms with van der Waals surface area (Å²) in [7, 11) is 0. The number of ether oxygens (including phenoxy) is 1. The number of fused-ring (bicyclic) bond motifs is 5. The first-order chi connectivity index (χ1) is 21.3. The molecule has 3 aliphatic rings. The molecule has 3 aliphatic heterocycles. The van der Waals surface area contributed by atoms with E-state index in [2.05, 4.69) is 92.8 Å². The molecule has 3 heteroatoms. The highest BCUT2D eigenvalue weighted by Crippen LogP contribution is 2.40. The lowest BCUT2D eigenvalue weighted by Crippen LogP contribution is -2.25. The van der Waals surface area contributed by atoms with Crippen molar-refractivity contribution in [3.63, 3.8) is 0 Å². The summed E-state index contributed by atoms with van der Waals surface area (Å²) in [6, 6.07) is 8.18. The van der Waals surface area contributed by atoms with Gasteiger partial charge in [-0.05, 0) is 81.4 Å². The van der Waals surface area contributed by atoms with E-state index < -0.39 is 0 Å². The van der Waals surface area contributed by atoms with Gasteiger partial charge in [0.2, 0.25) is 0 Å². The fraction of sp³-hybridized carbons (Fsp3) is 0.220. The van der Waals surface area contributed by atoms with E-state index in [0.29, 0.717) is 19.6 Å². The van der Waals surface area contributed by atoms with Crippen LogP contribution < -0.4 is 4.74 Å². The third-order valence-corrected chi connectivity index (χ3v) is 7.64. The largest absolute Gasteiger partial charge is 0.510 e. The van der Waals surface area contributed by atoms with Crippen LogP contribution in [0.15, 0.2) is 166 Å². The number of allylic oxidation sites excluding steroid dienone is 19. The first-order valence-corrected chi connectivity index (χ1v) is 15.1. The first kappa shape index (κ1) is 32.0. The van der Waals surface area contributed by atoms with Crippen molar-refractivity contribution in [3.05, 3.63) is 172 Å². The van der Waals surface area contributed by atoms with Crippen molar-refractivity contribution in [1.29, 1.82) is 0 Å². The summed E-state index contributed by atoms with van der Waals surface area (Å²) in [5, 5.41) is 11.2. The third-order valence-electron chi connectivity index (χ3n) is 7.64. The average molecular weight is 582 g/mol. The molecule has 0 atom stereocenters. The summed E-state index contributed by atoms with van der Waals surface area (Å²) in [6.45, 7) is 12.7. The highest BCUT2D eigenvalue weighted by molar-refractivity contribution is 5.61. The van der Waals surface area contributed by atoms with E-state index in [0.717, 1.165) is 69.0 Å². The van der Waals surface area contributed by atoms with Crippen molar-refractivity contribution < 1.29 is 9.84 Å². The van der Waals surface area contributed by atoms with E-state index in [1.54, 1.807) is 13.0 Å². The maximum atomic E-state index is 11.2. The molecule has 2 bridgehead atoms. The Bertz CT molecular complexity index is 1660. The fourth-order valence-corrected chi connectivity index (χ4v) is 5.47. The predicted octanol–water partition coefficient (Wildman–Crippen LogP) is 9.88. The van der Waals surface area contributed by atoms with E-state index in [4.69, 9.17) is 11.2 Å². The summed E-state index contributed by atoms with van der Waals surface area (Å²) < 4.78 is 6.45. The lowest BCUT2D eigenvalue weighted by atomic mass is 9.96. The molecule has 4 rings (SSSR count). The van der Waals surface area contributed by atoms with Crippen molar-refractivity contribution in [2.75, 3.05) is 13.2 Å². The Morgan fingerprint density at radius 1 is 1.09 bits per heavy atom. The van der Waals surface area contributed by atoms with Crippen molar-refractivity contribution in [2.24, 2.45) is 0 Å². The minimum Gasteiger partial charge on any atom is -0.510 e. The Labute approximate surface area is 264 Å². The Morgan fingerprint density at radius 2 is 1.91 bits per heavy atom. The number of benzene rings is 1. The van der Waals surface area contributed by atoms with E-state index in [1.165, 1.54) is 5.57 Å². The van der Waals surface area contributed by atoms with Gasteiger partial charge in [0.25, 0.3) is 0 Å². The van der Waals surface area contributed by atoms with Gasteiger partial charge >= 0.3 is 0 Å². The number of aliphatic hydroxyl groups is 1. The summed E-state index contributed by atoms with van der Waals surface area (Å²) in [5.74, 6) is 4.09. The molecule has 3 nitrogen and oxygen atoms in total. The van der Waals surface area contributed by atoms with E-state index in [9.17, 15) is 5.11 Å². The molecule has 3 heterocycles. The van der Waals surface area contributed by atoms with Crippen LogP contribution in [0.5, 0.6) is 5.75 Å². The Balaban J connectivity index is 1.88. The van der Waals surface area contributed by atoms with Crippen LogP contribution in [0.2, 0.25) is 0 Å². The number of hydrogen-bond acceptors (Lipinski definition) is 3. The number of hydrogen-bond donors (Lipinski definition) is 1. The topological polar surface area (TPSA) is 32.7 Å². The standard InChI is InChI=1S/C41H43NO2/c1-7-9-10-17-31(5)18-14-22-35-25-26-36(33(8-2)20-13-16-30(3)4)27-37-28-42(41(35)32(6)43)39-29-44-40-24-12-11-19-34(40)21-15-23-38(37)39/h2,7,9-12,14-20,22-24,26-27,43H,1,13,21,25,28-29H2,3-6H3/b10-9-,18-14+,23-15-,31-17+,33-20+,35-22-,36-26?,37-27+,41-32-. The smallest absolute Gasteiger partial charge is 0.129 e. The van der Waals surface area contributed by atoms with E-state index in [-0.39, 0.29) is 5.76 Å². The number of aliphatic hydroxyl groups excluding tert-OH is 1. The van der Waals surface area contributed by atoms with Crippen molar-refractivity contribution >= 4 is 0 Å². The Kier molecular flexibility index (Phi) is 11.3. The molecule has 0 unspecified atom stereocenters. The van der Waals surface area contributed by atoms with Crippen LogP contribution in [-0.4, -0.2) is 23.2 Å². The number of para-hydroxylation sites is 1. The second-order valence-electron chi connectivity index (χ2n) is 11.3. The Hall–Kier alpha value is -4.94. The van der Waals surface area contributed by atoms with Crippen LogP contribution >= 0.6 is 0 Å². The molecule has 0 saturated carbocycles. The minimum absolute atomic E-state index is 0.260. The fourth-order valence-electron chi connectivity index (χ4n) is 5.47. The van der Waals surface area contributed by atoms with Crippen LogP contribution in [0.4, 0.5) is 0 Å². The molecule has 0 fully saturated rings.